The second kappa shape index (κ2) is 7.33. The largest absolute Gasteiger partial charge is 0.497 e. The highest BCUT2D eigenvalue weighted by molar-refractivity contribution is 6.11. The van der Waals surface area contributed by atoms with E-state index in [4.69, 9.17) is 4.74 Å². The number of hydrogen-bond acceptors (Lipinski definition) is 4. The van der Waals surface area contributed by atoms with Crippen LogP contribution in [-0.4, -0.2) is 22.9 Å². The monoisotopic (exact) mass is 357 g/mol. The van der Waals surface area contributed by atoms with Crippen LogP contribution in [0, 0.1) is 0 Å². The van der Waals surface area contributed by atoms with Gasteiger partial charge in [0, 0.05) is 46.8 Å². The van der Waals surface area contributed by atoms with Gasteiger partial charge in [-0.25, -0.2) is 0 Å². The van der Waals surface area contributed by atoms with Crippen molar-refractivity contribution in [3.63, 3.8) is 0 Å². The second-order valence-corrected chi connectivity index (χ2v) is 6.20. The van der Waals surface area contributed by atoms with Crippen LogP contribution >= 0.6 is 0 Å². The number of hydrogen-bond donors (Lipinski definition) is 2. The SMILES string of the molecule is COc1cccc(NC(C(=O)c2c[nH]c3ccccc23)c2ccncc2)c1. The summed E-state index contributed by atoms with van der Waals surface area (Å²) in [5.74, 6) is 0.717. The molecular weight excluding hydrogens is 338 g/mol. The van der Waals surface area contributed by atoms with Crippen LogP contribution in [0.4, 0.5) is 5.69 Å². The van der Waals surface area contributed by atoms with Gasteiger partial charge in [0.2, 0.25) is 0 Å². The lowest BCUT2D eigenvalue weighted by atomic mass is 9.97. The molecule has 2 aromatic carbocycles. The molecule has 0 radical (unpaired) electrons. The number of nitrogens with one attached hydrogen (secondary N) is 2. The van der Waals surface area contributed by atoms with Crippen molar-refractivity contribution in [2.45, 2.75) is 6.04 Å². The average molecular weight is 357 g/mol. The van der Waals surface area contributed by atoms with Crippen molar-refractivity contribution in [1.82, 2.24) is 9.97 Å². The Labute approximate surface area is 157 Å². The molecule has 5 heteroatoms. The number of aromatic amines is 1. The maximum atomic E-state index is 13.4. The molecule has 27 heavy (non-hydrogen) atoms. The minimum atomic E-state index is -0.542. The zero-order valence-electron chi connectivity index (χ0n) is 14.8. The van der Waals surface area contributed by atoms with Gasteiger partial charge >= 0.3 is 0 Å². The Morgan fingerprint density at radius 3 is 2.70 bits per heavy atom. The summed E-state index contributed by atoms with van der Waals surface area (Å²) in [6.07, 6.45) is 5.16. The number of methoxy groups -OCH3 is 1. The number of aromatic nitrogens is 2. The van der Waals surface area contributed by atoms with Gasteiger partial charge in [-0.2, -0.15) is 0 Å². The molecule has 0 saturated carbocycles. The summed E-state index contributed by atoms with van der Waals surface area (Å²) in [5, 5.41) is 4.26. The summed E-state index contributed by atoms with van der Waals surface area (Å²) in [5.41, 5.74) is 3.26. The van der Waals surface area contributed by atoms with E-state index in [1.54, 1.807) is 25.7 Å². The fraction of sp³-hybridized carbons (Fsp3) is 0.0909. The molecule has 4 aromatic rings. The zero-order chi connectivity index (χ0) is 18.6. The maximum Gasteiger partial charge on any atom is 0.191 e. The number of carbonyl (C=O) groups is 1. The zero-order valence-corrected chi connectivity index (χ0v) is 14.8. The summed E-state index contributed by atoms with van der Waals surface area (Å²) in [4.78, 5) is 20.7. The van der Waals surface area contributed by atoms with Gasteiger partial charge in [-0.1, -0.05) is 24.3 Å². The molecule has 134 valence electrons. The molecule has 0 bridgehead atoms. The van der Waals surface area contributed by atoms with E-state index in [2.05, 4.69) is 15.3 Å². The molecule has 2 aromatic heterocycles. The first kappa shape index (κ1) is 16.8. The number of fused-ring (bicyclic) bond motifs is 1. The number of pyridine rings is 1. The third kappa shape index (κ3) is 3.40. The van der Waals surface area contributed by atoms with E-state index in [0.29, 0.717) is 5.56 Å². The predicted molar refractivity (Wildman–Crippen MR) is 106 cm³/mol. The standard InChI is InChI=1S/C22H19N3O2/c1-27-17-6-4-5-16(13-17)25-21(15-9-11-23-12-10-15)22(26)19-14-24-20-8-3-2-7-18(19)20/h2-14,21,24-25H,1H3. The van der Waals surface area contributed by atoms with Crippen molar-refractivity contribution in [3.8, 4) is 5.75 Å². The second-order valence-electron chi connectivity index (χ2n) is 6.20. The summed E-state index contributed by atoms with van der Waals surface area (Å²) in [6.45, 7) is 0. The van der Waals surface area contributed by atoms with Gasteiger partial charge in [0.1, 0.15) is 11.8 Å². The Kier molecular flexibility index (Phi) is 4.58. The molecule has 0 fully saturated rings. The normalized spacial score (nSPS) is 11.9. The van der Waals surface area contributed by atoms with Crippen LogP contribution in [-0.2, 0) is 0 Å². The molecular formula is C22H19N3O2. The van der Waals surface area contributed by atoms with Crippen molar-refractivity contribution in [3.05, 3.63) is 90.4 Å². The van der Waals surface area contributed by atoms with Gasteiger partial charge in [-0.05, 0) is 35.9 Å². The van der Waals surface area contributed by atoms with Crippen LogP contribution in [0.2, 0.25) is 0 Å². The summed E-state index contributed by atoms with van der Waals surface area (Å²) >= 11 is 0. The van der Waals surface area contributed by atoms with E-state index < -0.39 is 6.04 Å². The lowest BCUT2D eigenvalue weighted by Gasteiger charge is -2.19. The van der Waals surface area contributed by atoms with Crippen LogP contribution in [0.15, 0.2) is 79.3 Å². The van der Waals surface area contributed by atoms with E-state index in [1.807, 2.05) is 60.7 Å². The fourth-order valence-electron chi connectivity index (χ4n) is 3.17. The Hall–Kier alpha value is -3.60. The minimum absolute atomic E-state index is 0.0125. The number of ketones is 1. The lowest BCUT2D eigenvalue weighted by molar-refractivity contribution is 0.0971. The number of Topliss-reactive ketones (excluding diaryl/α,β-unsaturated/α-hetero) is 1. The molecule has 2 N–H and O–H groups in total. The van der Waals surface area contributed by atoms with Crippen LogP contribution in [0.3, 0.4) is 0 Å². The first-order chi connectivity index (χ1) is 13.3. The number of H-pyrrole nitrogens is 1. The van der Waals surface area contributed by atoms with Crippen LogP contribution in [0.1, 0.15) is 22.0 Å². The van der Waals surface area contributed by atoms with E-state index in [1.165, 1.54) is 0 Å². The van der Waals surface area contributed by atoms with Crippen molar-refractivity contribution in [2.75, 3.05) is 12.4 Å². The number of nitrogens with zero attached hydrogens (tertiary/aromatic N) is 1. The van der Waals surface area contributed by atoms with Gasteiger partial charge in [0.05, 0.1) is 7.11 Å². The van der Waals surface area contributed by atoms with Crippen LogP contribution in [0.5, 0.6) is 5.75 Å². The molecule has 4 rings (SSSR count). The third-order valence-corrected chi connectivity index (χ3v) is 4.54. The highest BCUT2D eigenvalue weighted by Crippen LogP contribution is 2.28. The minimum Gasteiger partial charge on any atom is -0.497 e. The Morgan fingerprint density at radius 2 is 1.89 bits per heavy atom. The number of anilines is 1. The number of rotatable bonds is 6. The van der Waals surface area contributed by atoms with Gasteiger partial charge in [-0.3, -0.25) is 9.78 Å². The Morgan fingerprint density at radius 1 is 1.07 bits per heavy atom. The topological polar surface area (TPSA) is 67.0 Å². The molecule has 2 heterocycles. The smallest absolute Gasteiger partial charge is 0.191 e. The van der Waals surface area contributed by atoms with Crippen molar-refractivity contribution in [1.29, 1.82) is 0 Å². The summed E-state index contributed by atoms with van der Waals surface area (Å²) in [7, 11) is 1.62. The number of para-hydroxylation sites is 1. The fourth-order valence-corrected chi connectivity index (χ4v) is 3.17. The van der Waals surface area contributed by atoms with Gasteiger partial charge in [-0.15, -0.1) is 0 Å². The van der Waals surface area contributed by atoms with Gasteiger partial charge < -0.3 is 15.0 Å². The lowest BCUT2D eigenvalue weighted by Crippen LogP contribution is -2.21. The van der Waals surface area contributed by atoms with E-state index in [0.717, 1.165) is 27.9 Å². The van der Waals surface area contributed by atoms with E-state index >= 15 is 0 Å². The first-order valence-corrected chi connectivity index (χ1v) is 8.67. The first-order valence-electron chi connectivity index (χ1n) is 8.67. The third-order valence-electron chi connectivity index (χ3n) is 4.54. The molecule has 0 saturated heterocycles. The molecule has 1 atom stereocenters. The highest BCUT2D eigenvalue weighted by atomic mass is 16.5. The molecule has 0 aliphatic carbocycles. The van der Waals surface area contributed by atoms with Gasteiger partial charge in [0.15, 0.2) is 5.78 Å². The van der Waals surface area contributed by atoms with E-state index in [-0.39, 0.29) is 5.78 Å². The van der Waals surface area contributed by atoms with Gasteiger partial charge in [0.25, 0.3) is 0 Å². The average Bonchev–Trinajstić information content (AvgIpc) is 3.16. The molecule has 5 nitrogen and oxygen atoms in total. The summed E-state index contributed by atoms with van der Waals surface area (Å²) < 4.78 is 5.29. The summed E-state index contributed by atoms with van der Waals surface area (Å²) in [6, 6.07) is 18.5. The number of ether oxygens (including phenoxy) is 1. The van der Waals surface area contributed by atoms with Crippen molar-refractivity contribution >= 4 is 22.4 Å². The quantitative estimate of drug-likeness (QED) is 0.495. The predicted octanol–water partition coefficient (Wildman–Crippen LogP) is 4.61. The highest BCUT2D eigenvalue weighted by Gasteiger charge is 2.24. The number of benzene rings is 2. The molecule has 0 amide bonds. The molecule has 0 aliphatic heterocycles. The molecule has 0 aliphatic rings. The van der Waals surface area contributed by atoms with Crippen molar-refractivity contribution in [2.24, 2.45) is 0 Å². The van der Waals surface area contributed by atoms with Crippen LogP contribution < -0.4 is 10.1 Å². The number of carbonyl (C=O) groups excluding carboxylic acids is 1. The van der Waals surface area contributed by atoms with Crippen LogP contribution in [0.25, 0.3) is 10.9 Å². The molecule has 0 spiro atoms. The molecule has 1 unspecified atom stereocenters. The van der Waals surface area contributed by atoms with Crippen molar-refractivity contribution < 1.29 is 9.53 Å². The maximum absolute atomic E-state index is 13.4. The van der Waals surface area contributed by atoms with E-state index in [9.17, 15) is 4.79 Å². The Balaban J connectivity index is 1.74. The Bertz CT molecular complexity index is 1070.